The lowest BCUT2D eigenvalue weighted by atomic mass is 10.1. The van der Waals surface area contributed by atoms with E-state index >= 15 is 0 Å². The zero-order chi connectivity index (χ0) is 13.1. The van der Waals surface area contributed by atoms with Crippen LogP contribution >= 0.6 is 11.6 Å². The lowest BCUT2D eigenvalue weighted by Crippen LogP contribution is -2.39. The first kappa shape index (κ1) is 13.5. The fourth-order valence-corrected chi connectivity index (χ4v) is 1.11. The van der Waals surface area contributed by atoms with Crippen molar-refractivity contribution in [3.8, 4) is 5.75 Å². The van der Waals surface area contributed by atoms with E-state index in [1.165, 1.54) is 38.3 Å². The predicted octanol–water partition coefficient (Wildman–Crippen LogP) is 1.27. The number of benzene rings is 1. The molecule has 0 atom stereocenters. The number of hydrazone groups is 1. The molecule has 0 aliphatic heterocycles. The summed E-state index contributed by atoms with van der Waals surface area (Å²) in [5.74, 6) is -0.647. The second-order valence-electron chi connectivity index (χ2n) is 3.96. The number of aliphatic hydroxyl groups is 1. The van der Waals surface area contributed by atoms with Gasteiger partial charge in [-0.25, -0.2) is 5.43 Å². The summed E-state index contributed by atoms with van der Waals surface area (Å²) in [5, 5.41) is 22.8. The van der Waals surface area contributed by atoms with E-state index < -0.39 is 11.5 Å². The highest BCUT2D eigenvalue weighted by Gasteiger charge is 2.22. The van der Waals surface area contributed by atoms with Gasteiger partial charge in [-0.05, 0) is 32.0 Å². The van der Waals surface area contributed by atoms with E-state index in [2.05, 4.69) is 10.5 Å². The van der Waals surface area contributed by atoms with E-state index in [1.54, 1.807) is 0 Å². The van der Waals surface area contributed by atoms with Crippen LogP contribution in [0.25, 0.3) is 0 Å². The molecule has 0 aliphatic carbocycles. The van der Waals surface area contributed by atoms with Crippen molar-refractivity contribution < 1.29 is 15.0 Å². The van der Waals surface area contributed by atoms with Gasteiger partial charge in [0.2, 0.25) is 0 Å². The van der Waals surface area contributed by atoms with Crippen LogP contribution in [0.3, 0.4) is 0 Å². The fourth-order valence-electron chi connectivity index (χ4n) is 0.926. The Balaban J connectivity index is 2.72. The van der Waals surface area contributed by atoms with Crippen LogP contribution in [0.4, 0.5) is 0 Å². The van der Waals surface area contributed by atoms with Gasteiger partial charge in [0.05, 0.1) is 6.21 Å². The normalized spacial score (nSPS) is 11.8. The molecule has 0 unspecified atom stereocenters. The lowest BCUT2D eigenvalue weighted by Gasteiger charge is -2.13. The average molecular weight is 257 g/mol. The summed E-state index contributed by atoms with van der Waals surface area (Å²) < 4.78 is 0. The molecule has 6 heteroatoms. The molecule has 92 valence electrons. The van der Waals surface area contributed by atoms with Gasteiger partial charge in [0.25, 0.3) is 5.91 Å². The molecular weight excluding hydrogens is 244 g/mol. The van der Waals surface area contributed by atoms with Crippen molar-refractivity contribution in [1.29, 1.82) is 0 Å². The summed E-state index contributed by atoms with van der Waals surface area (Å²) in [5.41, 5.74) is 1.01. The largest absolute Gasteiger partial charge is 0.507 e. The van der Waals surface area contributed by atoms with Crippen molar-refractivity contribution in [2.24, 2.45) is 5.10 Å². The van der Waals surface area contributed by atoms with Crippen molar-refractivity contribution in [2.75, 3.05) is 0 Å². The van der Waals surface area contributed by atoms with E-state index in [1.807, 2.05) is 0 Å². The molecule has 3 N–H and O–H groups in total. The zero-order valence-corrected chi connectivity index (χ0v) is 10.2. The van der Waals surface area contributed by atoms with Crippen LogP contribution < -0.4 is 5.43 Å². The van der Waals surface area contributed by atoms with Crippen LogP contribution in [0.5, 0.6) is 5.75 Å². The minimum Gasteiger partial charge on any atom is -0.507 e. The molecule has 0 heterocycles. The maximum absolute atomic E-state index is 11.2. The molecule has 1 aromatic carbocycles. The predicted molar refractivity (Wildman–Crippen MR) is 65.2 cm³/mol. The van der Waals surface area contributed by atoms with Gasteiger partial charge < -0.3 is 10.2 Å². The van der Waals surface area contributed by atoms with Crippen molar-refractivity contribution in [1.82, 2.24) is 5.43 Å². The number of aromatic hydroxyl groups is 1. The number of phenols is 1. The van der Waals surface area contributed by atoms with Crippen LogP contribution in [0.15, 0.2) is 23.3 Å². The number of carbonyl (C=O) groups excluding carboxylic acids is 1. The van der Waals surface area contributed by atoms with Crippen LogP contribution in [-0.2, 0) is 4.79 Å². The third-order valence-electron chi connectivity index (χ3n) is 1.91. The average Bonchev–Trinajstić information content (AvgIpc) is 2.21. The van der Waals surface area contributed by atoms with Crippen molar-refractivity contribution >= 4 is 23.7 Å². The SMILES string of the molecule is CC(C)(O)C(=O)NN=Cc1cc(Cl)ccc1O. The minimum atomic E-state index is -1.51. The lowest BCUT2D eigenvalue weighted by molar-refractivity contribution is -0.136. The molecule has 1 aromatic rings. The minimum absolute atomic E-state index is 0.00402. The smallest absolute Gasteiger partial charge is 0.271 e. The third kappa shape index (κ3) is 4.05. The topological polar surface area (TPSA) is 81.9 Å². The number of carbonyl (C=O) groups is 1. The number of nitrogens with zero attached hydrogens (tertiary/aromatic N) is 1. The van der Waals surface area contributed by atoms with Gasteiger partial charge in [0.15, 0.2) is 0 Å². The summed E-state index contributed by atoms with van der Waals surface area (Å²) in [7, 11) is 0. The third-order valence-corrected chi connectivity index (χ3v) is 2.15. The first-order valence-electron chi connectivity index (χ1n) is 4.85. The summed E-state index contributed by atoms with van der Waals surface area (Å²) in [4.78, 5) is 11.2. The Morgan fingerprint density at radius 1 is 1.53 bits per heavy atom. The number of amides is 1. The Morgan fingerprint density at radius 3 is 2.76 bits per heavy atom. The molecule has 0 bridgehead atoms. The number of phenolic OH excluding ortho intramolecular Hbond substituents is 1. The molecule has 0 saturated heterocycles. The summed E-state index contributed by atoms with van der Waals surface area (Å²) >= 11 is 5.73. The van der Waals surface area contributed by atoms with E-state index in [0.29, 0.717) is 10.6 Å². The molecule has 0 aliphatic rings. The molecule has 0 radical (unpaired) electrons. The van der Waals surface area contributed by atoms with Gasteiger partial charge >= 0.3 is 0 Å². The fraction of sp³-hybridized carbons (Fsp3) is 0.273. The van der Waals surface area contributed by atoms with E-state index in [4.69, 9.17) is 11.6 Å². The number of nitrogens with one attached hydrogen (secondary N) is 1. The van der Waals surface area contributed by atoms with Crippen molar-refractivity contribution in [3.63, 3.8) is 0 Å². The first-order chi connectivity index (χ1) is 7.80. The van der Waals surface area contributed by atoms with Crippen molar-refractivity contribution in [3.05, 3.63) is 28.8 Å². The van der Waals surface area contributed by atoms with E-state index in [9.17, 15) is 15.0 Å². The molecular formula is C11H13ClN2O3. The highest BCUT2D eigenvalue weighted by atomic mass is 35.5. The van der Waals surface area contributed by atoms with Gasteiger partial charge in [-0.3, -0.25) is 4.79 Å². The van der Waals surface area contributed by atoms with Gasteiger partial charge in [0, 0.05) is 10.6 Å². The zero-order valence-electron chi connectivity index (χ0n) is 9.44. The van der Waals surface area contributed by atoms with Gasteiger partial charge in [-0.2, -0.15) is 5.10 Å². The second-order valence-corrected chi connectivity index (χ2v) is 4.40. The van der Waals surface area contributed by atoms with Crippen LogP contribution in [-0.4, -0.2) is 27.9 Å². The van der Waals surface area contributed by atoms with Gasteiger partial charge in [0.1, 0.15) is 11.4 Å². The maximum atomic E-state index is 11.2. The number of hydrogen-bond acceptors (Lipinski definition) is 4. The number of rotatable bonds is 3. The molecule has 17 heavy (non-hydrogen) atoms. The highest BCUT2D eigenvalue weighted by Crippen LogP contribution is 2.19. The highest BCUT2D eigenvalue weighted by molar-refractivity contribution is 6.30. The van der Waals surface area contributed by atoms with Crippen LogP contribution in [0.2, 0.25) is 5.02 Å². The molecule has 0 saturated carbocycles. The molecule has 5 nitrogen and oxygen atoms in total. The first-order valence-corrected chi connectivity index (χ1v) is 5.23. The number of halogens is 1. The Morgan fingerprint density at radius 2 is 2.18 bits per heavy atom. The number of hydrogen-bond donors (Lipinski definition) is 3. The van der Waals surface area contributed by atoms with Crippen LogP contribution in [0, 0.1) is 0 Å². The quantitative estimate of drug-likeness (QED) is 0.563. The van der Waals surface area contributed by atoms with Crippen molar-refractivity contribution in [2.45, 2.75) is 19.4 Å². The molecule has 1 rings (SSSR count). The Bertz CT molecular complexity index is 453. The second kappa shape index (κ2) is 5.16. The summed E-state index contributed by atoms with van der Waals surface area (Å²) in [6.45, 7) is 2.68. The summed E-state index contributed by atoms with van der Waals surface area (Å²) in [6.07, 6.45) is 1.24. The Hall–Kier alpha value is -1.59. The molecule has 1 amide bonds. The van der Waals surface area contributed by atoms with E-state index in [0.717, 1.165) is 0 Å². The molecule has 0 aromatic heterocycles. The Kier molecular flexibility index (Phi) is 4.09. The summed E-state index contributed by atoms with van der Waals surface area (Å²) in [6, 6.07) is 4.45. The van der Waals surface area contributed by atoms with E-state index in [-0.39, 0.29) is 5.75 Å². The van der Waals surface area contributed by atoms with Gasteiger partial charge in [-0.1, -0.05) is 11.6 Å². The molecule has 0 spiro atoms. The molecule has 0 fully saturated rings. The monoisotopic (exact) mass is 256 g/mol. The van der Waals surface area contributed by atoms with Crippen LogP contribution in [0.1, 0.15) is 19.4 Å². The van der Waals surface area contributed by atoms with Gasteiger partial charge in [-0.15, -0.1) is 0 Å². The standard InChI is InChI=1S/C11H13ClN2O3/c1-11(2,17)10(16)14-13-6-7-5-8(12)3-4-9(7)15/h3-6,15,17H,1-2H3,(H,14,16). The Labute approximate surface area is 104 Å². The maximum Gasteiger partial charge on any atom is 0.271 e.